The van der Waals surface area contributed by atoms with E-state index in [0.29, 0.717) is 6.04 Å². The summed E-state index contributed by atoms with van der Waals surface area (Å²) < 4.78 is 0. The maximum atomic E-state index is 3.65. The summed E-state index contributed by atoms with van der Waals surface area (Å²) in [4.78, 5) is 2.72. The summed E-state index contributed by atoms with van der Waals surface area (Å²) in [6.45, 7) is 5.91. The van der Waals surface area contributed by atoms with Crippen LogP contribution in [0.25, 0.3) is 0 Å². The number of hydrogen-bond donors (Lipinski definition) is 1. The van der Waals surface area contributed by atoms with Crippen molar-refractivity contribution in [1.82, 2.24) is 10.2 Å². The van der Waals surface area contributed by atoms with E-state index in [2.05, 4.69) is 41.4 Å². The van der Waals surface area contributed by atoms with Gasteiger partial charge in [-0.3, -0.25) is 4.90 Å². The summed E-state index contributed by atoms with van der Waals surface area (Å²) in [5, 5.41) is 3.65. The van der Waals surface area contributed by atoms with Crippen LogP contribution in [0.1, 0.15) is 30.9 Å². The van der Waals surface area contributed by atoms with Crippen LogP contribution in [0.2, 0.25) is 0 Å². The Hall–Kier alpha value is -0.860. The van der Waals surface area contributed by atoms with Gasteiger partial charge >= 0.3 is 0 Å². The predicted octanol–water partition coefficient (Wildman–Crippen LogP) is 2.23. The molecule has 0 amide bonds. The molecule has 1 heterocycles. The van der Waals surface area contributed by atoms with E-state index >= 15 is 0 Å². The van der Waals surface area contributed by atoms with Crippen LogP contribution in [0.5, 0.6) is 0 Å². The lowest BCUT2D eigenvalue weighted by Gasteiger charge is -2.37. The maximum absolute atomic E-state index is 3.65. The first-order valence-corrected chi connectivity index (χ1v) is 7.41. The van der Waals surface area contributed by atoms with Gasteiger partial charge in [0.1, 0.15) is 0 Å². The molecule has 1 saturated heterocycles. The van der Waals surface area contributed by atoms with Gasteiger partial charge in [0.2, 0.25) is 0 Å². The molecule has 0 spiro atoms. The molecule has 0 bridgehead atoms. The second kappa shape index (κ2) is 5.41. The highest BCUT2D eigenvalue weighted by molar-refractivity contribution is 5.33. The number of nitrogens with one attached hydrogen (secondary N) is 1. The Bertz CT molecular complexity index is 375. The Labute approximate surface area is 110 Å². The second-order valence-corrected chi connectivity index (χ2v) is 5.77. The molecule has 1 aromatic carbocycles. The quantitative estimate of drug-likeness (QED) is 0.877. The molecule has 1 fully saturated rings. The van der Waals surface area contributed by atoms with Crippen LogP contribution in [0.3, 0.4) is 0 Å². The van der Waals surface area contributed by atoms with E-state index in [4.69, 9.17) is 0 Å². The average molecular weight is 244 g/mol. The van der Waals surface area contributed by atoms with Gasteiger partial charge in [-0.2, -0.15) is 0 Å². The first kappa shape index (κ1) is 12.2. The fraction of sp³-hybridized carbons (Fsp3) is 0.625. The van der Waals surface area contributed by atoms with Crippen LogP contribution in [-0.4, -0.2) is 36.6 Å². The maximum Gasteiger partial charge on any atom is 0.0195 e. The van der Waals surface area contributed by atoms with Gasteiger partial charge in [-0.1, -0.05) is 37.6 Å². The average Bonchev–Trinajstić information content (AvgIpc) is 2.83. The summed E-state index contributed by atoms with van der Waals surface area (Å²) in [6, 6.07) is 10.4. The highest BCUT2D eigenvalue weighted by Crippen LogP contribution is 2.26. The molecule has 2 heteroatoms. The highest BCUT2D eigenvalue weighted by Gasteiger charge is 2.29. The second-order valence-electron chi connectivity index (χ2n) is 5.77. The topological polar surface area (TPSA) is 15.3 Å². The van der Waals surface area contributed by atoms with Crippen LogP contribution >= 0.6 is 0 Å². The van der Waals surface area contributed by atoms with Crippen molar-refractivity contribution in [2.75, 3.05) is 19.6 Å². The monoisotopic (exact) mass is 244 g/mol. The van der Waals surface area contributed by atoms with Gasteiger partial charge in [0.15, 0.2) is 0 Å². The van der Waals surface area contributed by atoms with Gasteiger partial charge in [-0.25, -0.2) is 0 Å². The Balaban J connectivity index is 1.63. The molecule has 1 atom stereocenters. The minimum Gasteiger partial charge on any atom is -0.311 e. The molecule has 2 nitrogen and oxygen atoms in total. The van der Waals surface area contributed by atoms with Gasteiger partial charge in [0, 0.05) is 31.7 Å². The van der Waals surface area contributed by atoms with E-state index in [1.165, 1.54) is 38.8 Å². The fourth-order valence-corrected chi connectivity index (χ4v) is 3.52. The van der Waals surface area contributed by atoms with Gasteiger partial charge in [0.05, 0.1) is 0 Å². The highest BCUT2D eigenvalue weighted by atomic mass is 15.2. The molecular weight excluding hydrogens is 220 g/mol. The SMILES string of the molecule is CCCC1CN(C2Cc3ccccc3C2)CCN1. The fourth-order valence-electron chi connectivity index (χ4n) is 3.52. The third kappa shape index (κ3) is 2.45. The zero-order chi connectivity index (χ0) is 12.4. The number of fused-ring (bicyclic) bond motifs is 1. The molecule has 1 aliphatic carbocycles. The standard InChI is InChI=1S/C16H24N2/c1-2-5-15-12-18(9-8-17-15)16-10-13-6-3-4-7-14(13)11-16/h3-4,6-7,15-17H,2,5,8-12H2,1H3. The van der Waals surface area contributed by atoms with Crippen molar-refractivity contribution in [3.8, 4) is 0 Å². The Morgan fingerprint density at radius 3 is 2.61 bits per heavy atom. The first-order chi connectivity index (χ1) is 8.86. The van der Waals surface area contributed by atoms with E-state index in [0.717, 1.165) is 12.6 Å². The van der Waals surface area contributed by atoms with Crippen LogP contribution in [0, 0.1) is 0 Å². The number of piperazine rings is 1. The van der Waals surface area contributed by atoms with E-state index in [-0.39, 0.29) is 0 Å². The lowest BCUT2D eigenvalue weighted by molar-refractivity contribution is 0.143. The molecule has 2 aliphatic rings. The third-order valence-electron chi connectivity index (χ3n) is 4.47. The van der Waals surface area contributed by atoms with Crippen molar-refractivity contribution in [2.45, 2.75) is 44.7 Å². The molecule has 3 rings (SSSR count). The lowest BCUT2D eigenvalue weighted by atomic mass is 10.1. The lowest BCUT2D eigenvalue weighted by Crippen LogP contribution is -2.54. The van der Waals surface area contributed by atoms with E-state index in [1.54, 1.807) is 11.1 Å². The normalized spacial score (nSPS) is 25.3. The Morgan fingerprint density at radius 1 is 1.22 bits per heavy atom. The molecule has 1 aromatic rings. The molecule has 1 N–H and O–H groups in total. The van der Waals surface area contributed by atoms with Crippen LogP contribution < -0.4 is 5.32 Å². The van der Waals surface area contributed by atoms with Gasteiger partial charge in [-0.05, 0) is 30.4 Å². The van der Waals surface area contributed by atoms with Crippen molar-refractivity contribution in [3.05, 3.63) is 35.4 Å². The van der Waals surface area contributed by atoms with Gasteiger partial charge < -0.3 is 5.32 Å². The van der Waals surface area contributed by atoms with Crippen LogP contribution in [0.4, 0.5) is 0 Å². The summed E-state index contributed by atoms with van der Waals surface area (Å²) in [5.74, 6) is 0. The molecule has 0 saturated carbocycles. The van der Waals surface area contributed by atoms with E-state index in [1.807, 2.05) is 0 Å². The molecule has 1 aliphatic heterocycles. The third-order valence-corrected chi connectivity index (χ3v) is 4.47. The zero-order valence-electron chi connectivity index (χ0n) is 11.4. The number of nitrogens with zero attached hydrogens (tertiary/aromatic N) is 1. The van der Waals surface area contributed by atoms with Crippen molar-refractivity contribution >= 4 is 0 Å². The molecule has 18 heavy (non-hydrogen) atoms. The van der Waals surface area contributed by atoms with Crippen LogP contribution in [0.15, 0.2) is 24.3 Å². The minimum atomic E-state index is 0.715. The largest absolute Gasteiger partial charge is 0.311 e. The van der Waals surface area contributed by atoms with E-state index in [9.17, 15) is 0 Å². The minimum absolute atomic E-state index is 0.715. The van der Waals surface area contributed by atoms with Gasteiger partial charge in [0.25, 0.3) is 0 Å². The molecule has 0 radical (unpaired) electrons. The van der Waals surface area contributed by atoms with Crippen molar-refractivity contribution in [3.63, 3.8) is 0 Å². The molecule has 1 unspecified atom stereocenters. The summed E-state index contributed by atoms with van der Waals surface area (Å²) in [6.07, 6.45) is 5.12. The van der Waals surface area contributed by atoms with E-state index < -0.39 is 0 Å². The summed E-state index contributed by atoms with van der Waals surface area (Å²) >= 11 is 0. The molecular formula is C16H24N2. The van der Waals surface area contributed by atoms with Gasteiger partial charge in [-0.15, -0.1) is 0 Å². The molecule has 98 valence electrons. The van der Waals surface area contributed by atoms with Crippen molar-refractivity contribution in [2.24, 2.45) is 0 Å². The smallest absolute Gasteiger partial charge is 0.0195 e. The predicted molar refractivity (Wildman–Crippen MR) is 75.9 cm³/mol. The molecule has 0 aromatic heterocycles. The number of rotatable bonds is 3. The summed E-state index contributed by atoms with van der Waals surface area (Å²) in [5.41, 5.74) is 3.15. The zero-order valence-corrected chi connectivity index (χ0v) is 11.4. The number of hydrogen-bond acceptors (Lipinski definition) is 2. The Morgan fingerprint density at radius 2 is 1.94 bits per heavy atom. The van der Waals surface area contributed by atoms with Crippen molar-refractivity contribution in [1.29, 1.82) is 0 Å². The summed E-state index contributed by atoms with van der Waals surface area (Å²) in [7, 11) is 0. The first-order valence-electron chi connectivity index (χ1n) is 7.41. The van der Waals surface area contributed by atoms with Crippen molar-refractivity contribution < 1.29 is 0 Å². The number of benzene rings is 1. The van der Waals surface area contributed by atoms with Crippen LogP contribution in [-0.2, 0) is 12.8 Å². The Kier molecular flexibility index (Phi) is 3.67.